The Bertz CT molecular complexity index is 1570. The normalized spacial score (nSPS) is 19.4. The smallest absolute Gasteiger partial charge is 0.267 e. The Kier molecular flexibility index (Phi) is 7.89. The summed E-state index contributed by atoms with van der Waals surface area (Å²) >= 11 is 0. The van der Waals surface area contributed by atoms with Crippen LogP contribution in [0.2, 0.25) is 0 Å². The highest BCUT2D eigenvalue weighted by Crippen LogP contribution is 2.28. The molecule has 5 rings (SSSR count). The second-order valence-electron chi connectivity index (χ2n) is 10.6. The number of rotatable bonds is 2. The molecule has 0 aliphatic carbocycles. The van der Waals surface area contributed by atoms with Crippen LogP contribution in [0.1, 0.15) is 32.7 Å². The molecule has 214 valence electrons. The topological polar surface area (TPSA) is 123 Å². The molecule has 1 aromatic heterocycles. The standard InChI is InChI=1S/C30H33N5O6/c1-18-8-9-22-12-25(18)41-23-7-5-6-21(11-23)17-40-26-14-34(13-24(26)31-27(36)15-33(4)30(22)39)29(38)16-35-28(37)10-19(2)20(3)32-35/h5-12,24,26H,13-17H2,1-4H3,(H,31,36)/t24-,26-/m0/s1. The molecule has 1 N–H and O–H groups in total. The van der Waals surface area contributed by atoms with E-state index in [1.54, 1.807) is 37.9 Å². The number of carbonyl (C=O) groups is 3. The molecule has 2 aromatic carbocycles. The number of aromatic nitrogens is 2. The first-order valence-corrected chi connectivity index (χ1v) is 13.4. The van der Waals surface area contributed by atoms with Gasteiger partial charge in [0, 0.05) is 31.8 Å². The van der Waals surface area contributed by atoms with Crippen molar-refractivity contribution in [3.63, 3.8) is 0 Å². The summed E-state index contributed by atoms with van der Waals surface area (Å²) in [7, 11) is 1.56. The third kappa shape index (κ3) is 6.30. The summed E-state index contributed by atoms with van der Waals surface area (Å²) in [5.74, 6) is 0.128. The second kappa shape index (κ2) is 11.5. The predicted molar refractivity (Wildman–Crippen MR) is 150 cm³/mol. The summed E-state index contributed by atoms with van der Waals surface area (Å²) in [6.45, 7) is 5.71. The van der Waals surface area contributed by atoms with Crippen LogP contribution < -0.4 is 15.6 Å². The number of nitrogens with zero attached hydrogens (tertiary/aromatic N) is 4. The van der Waals surface area contributed by atoms with Crippen LogP contribution in [-0.4, -0.2) is 76.1 Å². The monoisotopic (exact) mass is 559 g/mol. The molecule has 0 saturated carbocycles. The molecule has 0 spiro atoms. The highest BCUT2D eigenvalue weighted by molar-refractivity contribution is 5.96. The SMILES string of the molecule is Cc1ccc2cc1Oc1cccc(c1)CO[C@H]1CN(C(=O)Cn3nc(C)c(C)cc3=O)C[C@@H]1NC(=O)CN(C)C2=O. The Balaban J connectivity index is 1.39. The van der Waals surface area contributed by atoms with Crippen LogP contribution in [0, 0.1) is 20.8 Å². The van der Waals surface area contributed by atoms with Gasteiger partial charge in [0.2, 0.25) is 11.8 Å². The summed E-state index contributed by atoms with van der Waals surface area (Å²) in [6, 6.07) is 13.6. The van der Waals surface area contributed by atoms with E-state index in [2.05, 4.69) is 10.4 Å². The molecule has 2 aliphatic rings. The fourth-order valence-corrected chi connectivity index (χ4v) is 4.93. The Labute approximate surface area is 237 Å². The molecule has 3 heterocycles. The lowest BCUT2D eigenvalue weighted by Gasteiger charge is -2.23. The number of likely N-dealkylation sites (tertiary alicyclic amines) is 1. The quantitative estimate of drug-likeness (QED) is 0.509. The molecule has 41 heavy (non-hydrogen) atoms. The Hall–Kier alpha value is -4.51. The number of nitrogens with one attached hydrogen (secondary N) is 1. The number of amides is 3. The highest BCUT2D eigenvalue weighted by Gasteiger charge is 2.37. The Morgan fingerprint density at radius 3 is 2.63 bits per heavy atom. The van der Waals surface area contributed by atoms with Gasteiger partial charge in [0.25, 0.3) is 11.5 Å². The van der Waals surface area contributed by atoms with Gasteiger partial charge < -0.3 is 24.6 Å². The van der Waals surface area contributed by atoms with Crippen molar-refractivity contribution < 1.29 is 23.9 Å². The van der Waals surface area contributed by atoms with Crippen molar-refractivity contribution in [2.75, 3.05) is 26.7 Å². The zero-order valence-electron chi connectivity index (χ0n) is 23.5. The van der Waals surface area contributed by atoms with Crippen molar-refractivity contribution in [3.05, 3.63) is 86.8 Å². The summed E-state index contributed by atoms with van der Waals surface area (Å²) < 4.78 is 13.5. The first-order valence-electron chi connectivity index (χ1n) is 13.4. The molecule has 1 fully saturated rings. The van der Waals surface area contributed by atoms with Crippen molar-refractivity contribution in [3.8, 4) is 11.5 Å². The molecule has 0 unspecified atom stereocenters. The molecule has 4 bridgehead atoms. The minimum atomic E-state index is -0.516. The molecule has 3 amide bonds. The van der Waals surface area contributed by atoms with Crippen molar-refractivity contribution in [1.82, 2.24) is 24.9 Å². The average molecular weight is 560 g/mol. The van der Waals surface area contributed by atoms with Gasteiger partial charge in [-0.25, -0.2) is 4.68 Å². The van der Waals surface area contributed by atoms with Crippen molar-refractivity contribution in [1.29, 1.82) is 0 Å². The van der Waals surface area contributed by atoms with Gasteiger partial charge >= 0.3 is 0 Å². The van der Waals surface area contributed by atoms with Crippen LogP contribution in [0.5, 0.6) is 11.5 Å². The van der Waals surface area contributed by atoms with E-state index in [0.717, 1.165) is 21.4 Å². The molecule has 3 aromatic rings. The van der Waals surface area contributed by atoms with Crippen LogP contribution in [0.25, 0.3) is 0 Å². The summed E-state index contributed by atoms with van der Waals surface area (Å²) in [4.78, 5) is 54.7. The minimum absolute atomic E-state index is 0.179. The fourth-order valence-electron chi connectivity index (χ4n) is 4.93. The maximum atomic E-state index is 13.2. The molecular formula is C30H33N5O6. The zero-order valence-corrected chi connectivity index (χ0v) is 23.5. The van der Waals surface area contributed by atoms with Crippen molar-refractivity contribution in [2.45, 2.75) is 46.1 Å². The lowest BCUT2D eigenvalue weighted by Crippen LogP contribution is -2.48. The third-order valence-corrected chi connectivity index (χ3v) is 7.44. The number of benzene rings is 2. The van der Waals surface area contributed by atoms with Crippen molar-refractivity contribution >= 4 is 17.7 Å². The highest BCUT2D eigenvalue weighted by atomic mass is 16.5. The number of hydrogen-bond donors (Lipinski definition) is 1. The number of fused-ring (bicyclic) bond motifs is 5. The number of aryl methyl sites for hydroxylation is 3. The molecule has 11 nitrogen and oxygen atoms in total. The molecule has 2 atom stereocenters. The average Bonchev–Trinajstić information content (AvgIpc) is 3.33. The number of likely N-dealkylation sites (N-methyl/N-ethyl adjacent to an activating group) is 1. The van der Waals surface area contributed by atoms with Crippen molar-refractivity contribution in [2.24, 2.45) is 0 Å². The first kappa shape index (κ1) is 28.0. The third-order valence-electron chi connectivity index (χ3n) is 7.44. The molecule has 0 radical (unpaired) electrons. The van der Waals surface area contributed by atoms with E-state index in [-0.39, 0.29) is 56.1 Å². The van der Waals surface area contributed by atoms with Crippen LogP contribution >= 0.6 is 0 Å². The fraction of sp³-hybridized carbons (Fsp3) is 0.367. The molecule has 2 aliphatic heterocycles. The Morgan fingerprint density at radius 2 is 1.83 bits per heavy atom. The van der Waals surface area contributed by atoms with E-state index in [9.17, 15) is 19.2 Å². The number of ether oxygens (including phenoxy) is 2. The lowest BCUT2D eigenvalue weighted by molar-refractivity contribution is -0.131. The van der Waals surface area contributed by atoms with Crippen LogP contribution in [0.15, 0.2) is 53.3 Å². The predicted octanol–water partition coefficient (Wildman–Crippen LogP) is 1.96. The summed E-state index contributed by atoms with van der Waals surface area (Å²) in [6.07, 6.45) is -0.513. The Morgan fingerprint density at radius 1 is 1.02 bits per heavy atom. The first-order chi connectivity index (χ1) is 19.6. The van der Waals surface area contributed by atoms with E-state index in [0.29, 0.717) is 22.8 Å². The molecule has 11 heteroatoms. The molecular weight excluding hydrogens is 526 g/mol. The van der Waals surface area contributed by atoms with E-state index in [4.69, 9.17) is 9.47 Å². The van der Waals surface area contributed by atoms with Gasteiger partial charge in [-0.15, -0.1) is 0 Å². The van der Waals surface area contributed by atoms with Crippen LogP contribution in [-0.2, 0) is 27.5 Å². The van der Waals surface area contributed by atoms with E-state index >= 15 is 0 Å². The van der Waals surface area contributed by atoms with E-state index < -0.39 is 12.1 Å². The van der Waals surface area contributed by atoms with Gasteiger partial charge in [-0.05, 0) is 61.7 Å². The van der Waals surface area contributed by atoms with Crippen LogP contribution in [0.3, 0.4) is 0 Å². The summed E-state index contributed by atoms with van der Waals surface area (Å²) in [5.41, 5.74) is 3.18. The van der Waals surface area contributed by atoms with Gasteiger partial charge in [0.15, 0.2) is 0 Å². The van der Waals surface area contributed by atoms with Crippen LogP contribution in [0.4, 0.5) is 0 Å². The second-order valence-corrected chi connectivity index (χ2v) is 10.6. The van der Waals surface area contributed by atoms with E-state index in [1.807, 2.05) is 37.3 Å². The molecule has 1 saturated heterocycles. The van der Waals surface area contributed by atoms with E-state index in [1.165, 1.54) is 11.0 Å². The summed E-state index contributed by atoms with van der Waals surface area (Å²) in [5, 5.41) is 7.20. The lowest BCUT2D eigenvalue weighted by atomic mass is 10.1. The number of carbonyl (C=O) groups excluding carboxylic acids is 3. The minimum Gasteiger partial charge on any atom is -0.457 e. The van der Waals surface area contributed by atoms with Gasteiger partial charge in [-0.1, -0.05) is 18.2 Å². The number of hydrogen-bond acceptors (Lipinski definition) is 7. The zero-order chi connectivity index (χ0) is 29.3. The van der Waals surface area contributed by atoms with Gasteiger partial charge in [0.1, 0.15) is 18.0 Å². The van der Waals surface area contributed by atoms with Gasteiger partial charge in [-0.3, -0.25) is 19.2 Å². The van der Waals surface area contributed by atoms with Gasteiger partial charge in [0.05, 0.1) is 31.0 Å². The maximum Gasteiger partial charge on any atom is 0.267 e. The van der Waals surface area contributed by atoms with Gasteiger partial charge in [-0.2, -0.15) is 5.10 Å². The maximum absolute atomic E-state index is 13.2. The largest absolute Gasteiger partial charge is 0.457 e.